The van der Waals surface area contributed by atoms with Crippen molar-refractivity contribution in [1.82, 2.24) is 5.15 Å². The smallest absolute Gasteiger partial charge is 0.109 e. The maximum absolute atomic E-state index is 4.35. The van der Waals surface area contributed by atoms with E-state index in [4.69, 9.17) is 0 Å². The second-order valence-electron chi connectivity index (χ2n) is 0.408. The molecule has 0 spiro atoms. The van der Waals surface area contributed by atoms with Gasteiger partial charge in [-0.2, -0.15) is 0 Å². The lowest BCUT2D eigenvalue weighted by Gasteiger charge is -1.81. The number of nitrogens with one attached hydrogen (secondary N) is 1. The van der Waals surface area contributed by atoms with Crippen molar-refractivity contribution < 1.29 is 4.84 Å². The summed E-state index contributed by atoms with van der Waals surface area (Å²) in [4.78, 5) is 4.35. The van der Waals surface area contributed by atoms with E-state index in [9.17, 15) is 0 Å². The highest BCUT2D eigenvalue weighted by molar-refractivity contribution is 6.03. The molecule has 0 amide bonds. The lowest BCUT2D eigenvalue weighted by Crippen LogP contribution is -2.03. The summed E-state index contributed by atoms with van der Waals surface area (Å²) in [6.45, 7) is 0. The van der Waals surface area contributed by atoms with Crippen molar-refractivity contribution in [2.24, 2.45) is 0 Å². The van der Waals surface area contributed by atoms with Crippen LogP contribution < -0.4 is 5.15 Å². The van der Waals surface area contributed by atoms with Gasteiger partial charge in [-0.1, -0.05) is 0 Å². The zero-order valence-corrected chi connectivity index (χ0v) is 6.13. The predicted octanol–water partition coefficient (Wildman–Crippen LogP) is -1.16. The summed E-state index contributed by atoms with van der Waals surface area (Å²) in [5, 5.41) is 2.57. The quantitative estimate of drug-likeness (QED) is 0.342. The second kappa shape index (κ2) is 8.83. The Labute approximate surface area is 40.8 Å². The summed E-state index contributed by atoms with van der Waals surface area (Å²) < 4.78 is 0. The van der Waals surface area contributed by atoms with Gasteiger partial charge in [0.05, 0.1) is 7.11 Å². The van der Waals surface area contributed by atoms with E-state index in [0.29, 0.717) is 0 Å². The Balaban J connectivity index is 0. The van der Waals surface area contributed by atoms with Crippen LogP contribution in [0.4, 0.5) is 0 Å². The average Bonchev–Trinajstić information content (AvgIpc) is 1.37. The third kappa shape index (κ3) is 12.8. The van der Waals surface area contributed by atoms with Crippen LogP contribution in [0.5, 0.6) is 0 Å². The Morgan fingerprint density at radius 2 is 2.00 bits per heavy atom. The van der Waals surface area contributed by atoms with Crippen molar-refractivity contribution in [3.63, 3.8) is 0 Å². The predicted molar refractivity (Wildman–Crippen MR) is 27.3 cm³/mol. The standard InChI is InChI=1S/CH7NOSi.ClH/c1-3-2-4;/h2H,1,4H3;1H. The van der Waals surface area contributed by atoms with E-state index >= 15 is 0 Å². The Bertz CT molecular complexity index is 13.6. The highest BCUT2D eigenvalue weighted by Crippen LogP contribution is 1.30. The summed E-state index contributed by atoms with van der Waals surface area (Å²) in [5.74, 6) is 0. The molecule has 34 valence electrons. The van der Waals surface area contributed by atoms with Crippen molar-refractivity contribution in [1.29, 1.82) is 0 Å². The molecule has 0 rings (SSSR count). The van der Waals surface area contributed by atoms with Crippen molar-refractivity contribution in [3.05, 3.63) is 0 Å². The largest absolute Gasteiger partial charge is 0.313 e. The molecule has 0 saturated heterocycles. The maximum atomic E-state index is 4.35. The van der Waals surface area contributed by atoms with E-state index in [1.54, 1.807) is 7.11 Å². The van der Waals surface area contributed by atoms with Crippen molar-refractivity contribution >= 4 is 22.8 Å². The first-order chi connectivity index (χ1) is 1.91. The maximum Gasteiger partial charge on any atom is 0.109 e. The molecule has 0 aliphatic carbocycles. The normalized spacial score (nSPS) is 6.60. The van der Waals surface area contributed by atoms with Crippen LogP contribution in [0.1, 0.15) is 0 Å². The van der Waals surface area contributed by atoms with E-state index in [1.807, 2.05) is 0 Å². The van der Waals surface area contributed by atoms with Crippen LogP contribution in [0.2, 0.25) is 0 Å². The van der Waals surface area contributed by atoms with Gasteiger partial charge < -0.3 is 4.84 Å². The molecule has 2 nitrogen and oxygen atoms in total. The zero-order valence-electron chi connectivity index (χ0n) is 3.32. The number of rotatable bonds is 1. The fourth-order valence-corrected chi connectivity index (χ4v) is 0. The molecule has 0 aliphatic heterocycles. The third-order valence-electron chi connectivity index (χ3n) is 0.204. The van der Waals surface area contributed by atoms with Gasteiger partial charge in [-0.15, -0.1) is 12.4 Å². The first-order valence-corrected chi connectivity index (χ1v) is 2.11. The minimum absolute atomic E-state index is 0. The van der Waals surface area contributed by atoms with Gasteiger partial charge in [0.25, 0.3) is 0 Å². The average molecular weight is 114 g/mol. The summed E-state index contributed by atoms with van der Waals surface area (Å²) >= 11 is 0. The van der Waals surface area contributed by atoms with Crippen LogP contribution in [0, 0.1) is 0 Å². The van der Waals surface area contributed by atoms with Crippen LogP contribution in [-0.4, -0.2) is 17.5 Å². The Morgan fingerprint density at radius 1 is 1.80 bits per heavy atom. The van der Waals surface area contributed by atoms with Crippen molar-refractivity contribution in [2.75, 3.05) is 7.11 Å². The fourth-order valence-electron chi connectivity index (χ4n) is 0. The van der Waals surface area contributed by atoms with Crippen molar-refractivity contribution in [3.8, 4) is 0 Å². The highest BCUT2D eigenvalue weighted by atomic mass is 35.5. The molecular formula is CH8ClNOSi. The lowest BCUT2D eigenvalue weighted by molar-refractivity contribution is 0.156. The molecule has 0 saturated carbocycles. The molecule has 0 aromatic carbocycles. The van der Waals surface area contributed by atoms with Crippen LogP contribution in [0.3, 0.4) is 0 Å². The third-order valence-corrected chi connectivity index (χ3v) is 0.612. The summed E-state index contributed by atoms with van der Waals surface area (Å²) in [6.07, 6.45) is 0. The topological polar surface area (TPSA) is 21.3 Å². The van der Waals surface area contributed by atoms with Gasteiger partial charge in [-0.05, 0) is 0 Å². The molecule has 0 unspecified atom stereocenters. The molecule has 0 fully saturated rings. The van der Waals surface area contributed by atoms with Crippen molar-refractivity contribution in [2.45, 2.75) is 0 Å². The van der Waals surface area contributed by atoms with Gasteiger partial charge in [0.1, 0.15) is 10.4 Å². The monoisotopic (exact) mass is 113 g/mol. The molecule has 0 heterocycles. The summed E-state index contributed by atoms with van der Waals surface area (Å²) in [7, 11) is 2.52. The highest BCUT2D eigenvalue weighted by Gasteiger charge is 1.46. The second-order valence-corrected chi connectivity index (χ2v) is 0.816. The lowest BCUT2D eigenvalue weighted by atomic mass is 11.7. The van der Waals surface area contributed by atoms with E-state index in [-0.39, 0.29) is 12.4 Å². The molecule has 0 atom stereocenters. The molecule has 0 aromatic rings. The van der Waals surface area contributed by atoms with Gasteiger partial charge in [0.2, 0.25) is 0 Å². The van der Waals surface area contributed by atoms with E-state index in [0.717, 1.165) is 10.4 Å². The molecule has 0 aromatic heterocycles. The van der Waals surface area contributed by atoms with Gasteiger partial charge in [-0.25, -0.2) is 5.15 Å². The molecule has 1 N–H and O–H groups in total. The Kier molecular flexibility index (Phi) is 16.0. The number of hydrogen-bond donors (Lipinski definition) is 1. The van der Waals surface area contributed by atoms with Gasteiger partial charge in [0, 0.05) is 0 Å². The number of halogens is 1. The number of hydrogen-bond acceptors (Lipinski definition) is 2. The molecule has 4 heteroatoms. The van der Waals surface area contributed by atoms with Crippen LogP contribution >= 0.6 is 12.4 Å². The van der Waals surface area contributed by atoms with Gasteiger partial charge in [0.15, 0.2) is 0 Å². The van der Waals surface area contributed by atoms with Gasteiger partial charge >= 0.3 is 0 Å². The first-order valence-electron chi connectivity index (χ1n) is 1.11. The first kappa shape index (κ1) is 9.06. The Morgan fingerprint density at radius 3 is 2.00 bits per heavy atom. The fraction of sp³-hybridized carbons (Fsp3) is 1.00. The van der Waals surface area contributed by atoms with Crippen LogP contribution in [0.15, 0.2) is 0 Å². The molecule has 0 bridgehead atoms. The molecule has 5 heavy (non-hydrogen) atoms. The van der Waals surface area contributed by atoms with E-state index in [2.05, 4.69) is 9.98 Å². The minimum Gasteiger partial charge on any atom is -0.313 e. The van der Waals surface area contributed by atoms with E-state index in [1.165, 1.54) is 0 Å². The van der Waals surface area contributed by atoms with Crippen LogP contribution in [0.25, 0.3) is 0 Å². The summed E-state index contributed by atoms with van der Waals surface area (Å²) in [6, 6.07) is 0. The minimum atomic E-state index is 0. The van der Waals surface area contributed by atoms with Gasteiger partial charge in [-0.3, -0.25) is 0 Å². The Hall–Kier alpha value is 0.427. The summed E-state index contributed by atoms with van der Waals surface area (Å²) in [5.41, 5.74) is 0. The van der Waals surface area contributed by atoms with E-state index < -0.39 is 0 Å². The SMILES string of the molecule is CON[SiH3].Cl. The van der Waals surface area contributed by atoms with Crippen LogP contribution in [-0.2, 0) is 4.84 Å². The molecule has 0 radical (unpaired) electrons. The molecule has 0 aliphatic rings. The zero-order chi connectivity index (χ0) is 3.41. The molecular weight excluding hydrogens is 106 g/mol.